The van der Waals surface area contributed by atoms with Gasteiger partial charge in [-0.15, -0.1) is 0 Å². The van der Waals surface area contributed by atoms with Crippen molar-refractivity contribution in [1.29, 1.82) is 0 Å². The Hall–Kier alpha value is -3.66. The van der Waals surface area contributed by atoms with Gasteiger partial charge in [-0.05, 0) is 79.4 Å². The molecule has 0 radical (unpaired) electrons. The summed E-state index contributed by atoms with van der Waals surface area (Å²) in [6.07, 6.45) is 1.95. The Bertz CT molecular complexity index is 1750. The van der Waals surface area contributed by atoms with Crippen molar-refractivity contribution in [3.63, 3.8) is 0 Å². The molecule has 0 unspecified atom stereocenters. The molecule has 10 heteroatoms. The molecule has 4 aromatic carbocycles. The van der Waals surface area contributed by atoms with E-state index in [1.165, 1.54) is 17.0 Å². The van der Waals surface area contributed by atoms with Crippen LogP contribution in [0.4, 0.5) is 5.69 Å². The van der Waals surface area contributed by atoms with Crippen LogP contribution >= 0.6 is 27.5 Å². The second-order valence-corrected chi connectivity index (χ2v) is 14.5. The third-order valence-corrected chi connectivity index (χ3v) is 10.2. The molecular formula is C36H39BrClN3O4S. The number of carbonyl (C=O) groups is 2. The smallest absolute Gasteiger partial charge is 0.264 e. The van der Waals surface area contributed by atoms with Gasteiger partial charge in [0.15, 0.2) is 0 Å². The highest BCUT2D eigenvalue weighted by Gasteiger charge is 2.35. The topological polar surface area (TPSA) is 86.8 Å². The zero-order valence-corrected chi connectivity index (χ0v) is 29.4. The summed E-state index contributed by atoms with van der Waals surface area (Å²) in [4.78, 5) is 30.0. The lowest BCUT2D eigenvalue weighted by molar-refractivity contribution is -0.140. The maximum absolute atomic E-state index is 14.6. The molecule has 46 heavy (non-hydrogen) atoms. The summed E-state index contributed by atoms with van der Waals surface area (Å²) in [6, 6.07) is 27.5. The molecule has 0 spiro atoms. The fourth-order valence-corrected chi connectivity index (χ4v) is 7.29. The van der Waals surface area contributed by atoms with E-state index >= 15 is 0 Å². The molecule has 0 saturated heterocycles. The molecule has 0 saturated carbocycles. The monoisotopic (exact) mass is 723 g/mol. The summed E-state index contributed by atoms with van der Waals surface area (Å²) in [7, 11) is -4.20. The summed E-state index contributed by atoms with van der Waals surface area (Å²) < 4.78 is 30.4. The minimum Gasteiger partial charge on any atom is -0.354 e. The summed E-state index contributed by atoms with van der Waals surface area (Å²) in [5.41, 5.74) is 3.49. The molecule has 0 heterocycles. The van der Waals surface area contributed by atoms with E-state index in [1.807, 2.05) is 68.4 Å². The lowest BCUT2D eigenvalue weighted by Gasteiger charge is -2.34. The van der Waals surface area contributed by atoms with Gasteiger partial charge in [0.1, 0.15) is 12.6 Å². The summed E-state index contributed by atoms with van der Waals surface area (Å²) in [5, 5.41) is 3.46. The van der Waals surface area contributed by atoms with Crippen LogP contribution in [0.1, 0.15) is 42.0 Å². The zero-order valence-electron chi connectivity index (χ0n) is 26.2. The lowest BCUT2D eigenvalue weighted by Crippen LogP contribution is -2.53. The molecule has 1 atom stereocenters. The van der Waals surface area contributed by atoms with Crippen LogP contribution in [0.2, 0.25) is 5.02 Å². The fourth-order valence-electron chi connectivity index (χ4n) is 5.14. The molecule has 0 aliphatic carbocycles. The van der Waals surface area contributed by atoms with Crippen molar-refractivity contribution in [2.24, 2.45) is 0 Å². The second kappa shape index (κ2) is 16.3. The number of unbranched alkanes of at least 4 members (excludes halogenated alkanes) is 1. The van der Waals surface area contributed by atoms with E-state index < -0.39 is 28.5 Å². The van der Waals surface area contributed by atoms with Gasteiger partial charge in [-0.1, -0.05) is 101 Å². The number of nitrogens with zero attached hydrogens (tertiary/aromatic N) is 2. The van der Waals surface area contributed by atoms with Crippen molar-refractivity contribution in [2.45, 2.75) is 57.5 Å². The van der Waals surface area contributed by atoms with Gasteiger partial charge in [0, 0.05) is 29.0 Å². The molecule has 0 fully saturated rings. The first-order chi connectivity index (χ1) is 22.0. The predicted molar refractivity (Wildman–Crippen MR) is 188 cm³/mol. The minimum absolute atomic E-state index is 0.0527. The van der Waals surface area contributed by atoms with Crippen LogP contribution in [0, 0.1) is 13.8 Å². The molecule has 0 aliphatic rings. The fraction of sp³-hybridized carbons (Fsp3) is 0.278. The first-order valence-corrected chi connectivity index (χ1v) is 17.8. The van der Waals surface area contributed by atoms with Gasteiger partial charge < -0.3 is 10.2 Å². The number of benzene rings is 4. The number of aryl methyl sites for hydroxylation is 2. The van der Waals surface area contributed by atoms with E-state index in [4.69, 9.17) is 11.6 Å². The number of carbonyl (C=O) groups excluding carboxylic acids is 2. The lowest BCUT2D eigenvalue weighted by atomic mass is 10.0. The van der Waals surface area contributed by atoms with E-state index in [2.05, 4.69) is 21.2 Å². The first-order valence-electron chi connectivity index (χ1n) is 15.2. The highest BCUT2D eigenvalue weighted by Crippen LogP contribution is 2.30. The number of anilines is 1. The Morgan fingerprint density at radius 1 is 0.891 bits per heavy atom. The summed E-state index contributed by atoms with van der Waals surface area (Å²) in [6.45, 7) is 5.70. The summed E-state index contributed by atoms with van der Waals surface area (Å²) >= 11 is 9.76. The number of amides is 2. The highest BCUT2D eigenvalue weighted by molar-refractivity contribution is 9.10. The quantitative estimate of drug-likeness (QED) is 0.137. The zero-order chi connectivity index (χ0) is 33.3. The third kappa shape index (κ3) is 9.21. The Labute approximate surface area is 285 Å². The molecule has 4 rings (SSSR count). The van der Waals surface area contributed by atoms with Crippen LogP contribution in [0.15, 0.2) is 106 Å². The van der Waals surface area contributed by atoms with Crippen LogP contribution in [-0.4, -0.2) is 44.3 Å². The van der Waals surface area contributed by atoms with Gasteiger partial charge in [0.05, 0.1) is 10.6 Å². The maximum atomic E-state index is 14.6. The normalized spacial score (nSPS) is 11.9. The maximum Gasteiger partial charge on any atom is 0.264 e. The standard InChI is InChI=1S/C36H39BrClN3O4S/c1-4-5-20-39-36(43)34(23-28-10-7-6-8-11-28)40(24-29-12-9-13-30(37)22-29)35(42)25-41(33-19-16-31(38)21-27(33)3)46(44,45)32-17-14-26(2)15-18-32/h6-19,21-22,34H,4-5,20,23-25H2,1-3H3,(H,39,43)/t34-/m1/s1. The molecule has 242 valence electrons. The molecule has 1 N–H and O–H groups in total. The van der Waals surface area contributed by atoms with Crippen molar-refractivity contribution in [3.8, 4) is 0 Å². The van der Waals surface area contributed by atoms with Gasteiger partial charge in [0.2, 0.25) is 11.8 Å². The Kier molecular flexibility index (Phi) is 12.4. The van der Waals surface area contributed by atoms with E-state index in [0.29, 0.717) is 22.8 Å². The van der Waals surface area contributed by atoms with E-state index in [1.54, 1.807) is 37.3 Å². The number of hydrogen-bond donors (Lipinski definition) is 1. The van der Waals surface area contributed by atoms with Crippen molar-refractivity contribution < 1.29 is 18.0 Å². The van der Waals surface area contributed by atoms with Gasteiger partial charge in [0.25, 0.3) is 10.0 Å². The second-order valence-electron chi connectivity index (χ2n) is 11.3. The van der Waals surface area contributed by atoms with Gasteiger partial charge in [-0.2, -0.15) is 0 Å². The molecule has 0 bridgehead atoms. The number of rotatable bonds is 14. The molecule has 2 amide bonds. The van der Waals surface area contributed by atoms with E-state index in [-0.39, 0.29) is 23.8 Å². The SMILES string of the molecule is CCCCNC(=O)[C@@H](Cc1ccccc1)N(Cc1cccc(Br)c1)C(=O)CN(c1ccc(Cl)cc1C)S(=O)(=O)c1ccc(C)cc1. The van der Waals surface area contributed by atoms with Gasteiger partial charge in [-0.25, -0.2) is 8.42 Å². The molecule has 7 nitrogen and oxygen atoms in total. The van der Waals surface area contributed by atoms with Gasteiger partial charge in [-0.3, -0.25) is 13.9 Å². The average molecular weight is 725 g/mol. The van der Waals surface area contributed by atoms with Crippen molar-refractivity contribution in [2.75, 3.05) is 17.4 Å². The Morgan fingerprint density at radius 2 is 1.59 bits per heavy atom. The summed E-state index contributed by atoms with van der Waals surface area (Å²) in [5.74, 6) is -0.812. The van der Waals surface area contributed by atoms with Crippen LogP contribution in [0.5, 0.6) is 0 Å². The van der Waals surface area contributed by atoms with Crippen molar-refractivity contribution in [1.82, 2.24) is 10.2 Å². The molecular weight excluding hydrogens is 686 g/mol. The number of hydrogen-bond acceptors (Lipinski definition) is 4. The molecule has 4 aromatic rings. The predicted octanol–water partition coefficient (Wildman–Crippen LogP) is 7.47. The molecule has 0 aromatic heterocycles. The van der Waals surface area contributed by atoms with Gasteiger partial charge >= 0.3 is 0 Å². The molecule has 0 aliphatic heterocycles. The Balaban J connectivity index is 1.81. The first kappa shape index (κ1) is 35.2. The largest absolute Gasteiger partial charge is 0.354 e. The van der Waals surface area contributed by atoms with Crippen molar-refractivity contribution >= 4 is 55.1 Å². The van der Waals surface area contributed by atoms with Crippen LogP contribution in [0.25, 0.3) is 0 Å². The number of sulfonamides is 1. The van der Waals surface area contributed by atoms with E-state index in [9.17, 15) is 18.0 Å². The van der Waals surface area contributed by atoms with Crippen LogP contribution in [-0.2, 0) is 32.6 Å². The highest BCUT2D eigenvalue weighted by atomic mass is 79.9. The van der Waals surface area contributed by atoms with Crippen molar-refractivity contribution in [3.05, 3.63) is 129 Å². The van der Waals surface area contributed by atoms with Crippen LogP contribution in [0.3, 0.4) is 0 Å². The number of nitrogens with one attached hydrogen (secondary N) is 1. The van der Waals surface area contributed by atoms with E-state index in [0.717, 1.165) is 38.3 Å². The third-order valence-electron chi connectivity index (χ3n) is 7.66. The average Bonchev–Trinajstić information content (AvgIpc) is 3.02. The minimum atomic E-state index is -4.20. The number of halogens is 2. The Morgan fingerprint density at radius 3 is 2.24 bits per heavy atom. The van der Waals surface area contributed by atoms with Crippen LogP contribution < -0.4 is 9.62 Å².